The van der Waals surface area contributed by atoms with Crippen molar-refractivity contribution < 1.29 is 15.1 Å². The summed E-state index contributed by atoms with van der Waals surface area (Å²) in [6.45, 7) is 10.4. The number of terminal acetylenes is 1. The average molecular weight is 363 g/mol. The fraction of sp³-hybridized carbons (Fsp3) is 0.524. The maximum absolute atomic E-state index is 9.15. The van der Waals surface area contributed by atoms with Gasteiger partial charge in [0.15, 0.2) is 0 Å². The van der Waals surface area contributed by atoms with Crippen molar-refractivity contribution in [3.63, 3.8) is 0 Å². The number of benzene rings is 1. The molecular formula is C21H34N2O3. The molecule has 1 saturated heterocycles. The van der Waals surface area contributed by atoms with E-state index >= 15 is 0 Å². The summed E-state index contributed by atoms with van der Waals surface area (Å²) in [6, 6.07) is 10.4. The monoisotopic (exact) mass is 362 g/mol. The van der Waals surface area contributed by atoms with Crippen molar-refractivity contribution in [2.45, 2.75) is 51.9 Å². The van der Waals surface area contributed by atoms with Gasteiger partial charge in [-0.1, -0.05) is 68.6 Å². The predicted molar refractivity (Wildman–Crippen MR) is 108 cm³/mol. The van der Waals surface area contributed by atoms with E-state index in [0.29, 0.717) is 0 Å². The number of piperidine rings is 1. The van der Waals surface area contributed by atoms with Gasteiger partial charge in [-0.25, -0.2) is 0 Å². The first-order chi connectivity index (χ1) is 12.5. The molecule has 1 aliphatic heterocycles. The SMILES string of the molecule is C#CO.C/C(=N\O)C1(c2ccccc2)CCN(C)CC1.C=O.CCCC. The molecule has 0 aliphatic carbocycles. The zero-order valence-corrected chi connectivity index (χ0v) is 16.6. The van der Waals surface area contributed by atoms with Crippen LogP contribution in [0.4, 0.5) is 0 Å². The number of carbonyl (C=O) groups is 1. The number of unbranched alkanes of at least 4 members (excludes halogenated alkanes) is 1. The number of rotatable bonds is 3. The van der Waals surface area contributed by atoms with E-state index < -0.39 is 0 Å². The van der Waals surface area contributed by atoms with Gasteiger partial charge in [0.1, 0.15) is 12.9 Å². The summed E-state index contributed by atoms with van der Waals surface area (Å²) >= 11 is 0. The fourth-order valence-electron chi connectivity index (χ4n) is 2.71. The molecule has 1 fully saturated rings. The third-order valence-electron chi connectivity index (χ3n) is 4.51. The number of nitrogens with zero attached hydrogens (tertiary/aromatic N) is 2. The summed E-state index contributed by atoms with van der Waals surface area (Å²) < 4.78 is 0. The Labute approximate surface area is 158 Å². The smallest absolute Gasteiger partial charge is 0.106 e. The minimum atomic E-state index is -0.0808. The molecule has 0 saturated carbocycles. The van der Waals surface area contributed by atoms with Gasteiger partial charge in [0.05, 0.1) is 5.71 Å². The van der Waals surface area contributed by atoms with Crippen molar-refractivity contribution in [1.82, 2.24) is 4.90 Å². The third-order valence-corrected chi connectivity index (χ3v) is 4.51. The Kier molecular flexibility index (Phi) is 16.1. The molecule has 2 N–H and O–H groups in total. The highest BCUT2D eigenvalue weighted by Gasteiger charge is 2.38. The first-order valence-electron chi connectivity index (χ1n) is 8.84. The molecule has 2 rings (SSSR count). The van der Waals surface area contributed by atoms with Gasteiger partial charge in [0.25, 0.3) is 0 Å². The molecule has 0 amide bonds. The quantitative estimate of drug-likeness (QED) is 0.368. The maximum Gasteiger partial charge on any atom is 0.106 e. The van der Waals surface area contributed by atoms with Crippen LogP contribution in [0, 0.1) is 12.5 Å². The zero-order chi connectivity index (χ0) is 20.4. The van der Waals surface area contributed by atoms with Crippen LogP contribution in [0.15, 0.2) is 35.5 Å². The highest BCUT2D eigenvalue weighted by molar-refractivity contribution is 5.92. The fourth-order valence-corrected chi connectivity index (χ4v) is 2.71. The maximum atomic E-state index is 9.15. The summed E-state index contributed by atoms with van der Waals surface area (Å²) in [5, 5.41) is 19.7. The second kappa shape index (κ2) is 16.2. The molecule has 0 unspecified atom stereocenters. The largest absolute Gasteiger partial charge is 0.462 e. The Balaban J connectivity index is 0. The van der Waals surface area contributed by atoms with Crippen molar-refractivity contribution in [3.05, 3.63) is 35.9 Å². The molecular weight excluding hydrogens is 328 g/mol. The Bertz CT molecular complexity index is 514. The number of likely N-dealkylation sites (tertiary alicyclic amines) is 1. The van der Waals surface area contributed by atoms with E-state index in [-0.39, 0.29) is 5.41 Å². The average Bonchev–Trinajstić information content (AvgIpc) is 2.71. The molecule has 1 aliphatic rings. The molecule has 0 bridgehead atoms. The van der Waals surface area contributed by atoms with Crippen molar-refractivity contribution in [2.24, 2.45) is 5.16 Å². The predicted octanol–water partition coefficient (Wildman–Crippen LogP) is 4.07. The van der Waals surface area contributed by atoms with Gasteiger partial charge in [0, 0.05) is 5.41 Å². The molecule has 1 aromatic carbocycles. The van der Waals surface area contributed by atoms with E-state index in [1.807, 2.05) is 19.8 Å². The molecule has 1 aromatic rings. The number of aliphatic hydroxyl groups is 1. The van der Waals surface area contributed by atoms with Gasteiger partial charge >= 0.3 is 0 Å². The Morgan fingerprint density at radius 1 is 1.23 bits per heavy atom. The molecule has 0 aromatic heterocycles. The molecule has 0 atom stereocenters. The lowest BCUT2D eigenvalue weighted by Crippen LogP contribution is -2.45. The topological polar surface area (TPSA) is 73.1 Å². The van der Waals surface area contributed by atoms with Crippen LogP contribution in [0.5, 0.6) is 0 Å². The molecule has 26 heavy (non-hydrogen) atoms. The van der Waals surface area contributed by atoms with Crippen LogP contribution in [0.1, 0.15) is 52.0 Å². The highest BCUT2D eigenvalue weighted by Crippen LogP contribution is 2.36. The second-order valence-electron chi connectivity index (χ2n) is 6.07. The van der Waals surface area contributed by atoms with Crippen LogP contribution in [-0.4, -0.2) is 47.9 Å². The molecule has 5 heteroatoms. The number of hydrogen-bond donors (Lipinski definition) is 2. The van der Waals surface area contributed by atoms with Gasteiger partial charge < -0.3 is 20.0 Å². The number of aliphatic hydroxyl groups excluding tert-OH is 1. The van der Waals surface area contributed by atoms with Gasteiger partial charge in [-0.15, -0.1) is 0 Å². The Morgan fingerprint density at radius 2 is 1.65 bits per heavy atom. The summed E-state index contributed by atoms with van der Waals surface area (Å²) in [4.78, 5) is 10.3. The Hall–Kier alpha value is -2.32. The Morgan fingerprint density at radius 3 is 2.00 bits per heavy atom. The molecule has 146 valence electrons. The lowest BCUT2D eigenvalue weighted by atomic mass is 9.70. The van der Waals surface area contributed by atoms with Crippen molar-refractivity contribution in [2.75, 3.05) is 20.1 Å². The highest BCUT2D eigenvalue weighted by atomic mass is 16.4. The van der Waals surface area contributed by atoms with Crippen LogP contribution in [-0.2, 0) is 10.2 Å². The van der Waals surface area contributed by atoms with Crippen molar-refractivity contribution >= 4 is 12.5 Å². The summed E-state index contributed by atoms with van der Waals surface area (Å²) in [5.74, 6) is 0. The van der Waals surface area contributed by atoms with Crippen LogP contribution >= 0.6 is 0 Å². The first-order valence-corrected chi connectivity index (χ1v) is 8.84. The van der Waals surface area contributed by atoms with Crippen LogP contribution in [0.25, 0.3) is 0 Å². The summed E-state index contributed by atoms with van der Waals surface area (Å²) in [6.07, 6.45) is 10.1. The second-order valence-corrected chi connectivity index (χ2v) is 6.07. The van der Waals surface area contributed by atoms with Crippen LogP contribution in [0.2, 0.25) is 0 Å². The van der Waals surface area contributed by atoms with E-state index in [2.05, 4.69) is 61.6 Å². The van der Waals surface area contributed by atoms with Crippen LogP contribution < -0.4 is 0 Å². The lowest BCUT2D eigenvalue weighted by Gasteiger charge is -2.40. The lowest BCUT2D eigenvalue weighted by molar-refractivity contribution is -0.0979. The molecule has 1 heterocycles. The van der Waals surface area contributed by atoms with E-state index in [4.69, 9.17) is 15.1 Å². The normalized spacial score (nSPS) is 15.6. The van der Waals surface area contributed by atoms with Gasteiger partial charge in [0.2, 0.25) is 0 Å². The molecule has 5 nitrogen and oxygen atoms in total. The standard InChI is InChI=1S/C14H20N2O.C4H10.C2H2O.CH2O/c1-12(15-17)14(8-10-16(2)11-9-14)13-6-4-3-5-7-13;1-3-4-2;1-2-3;1-2/h3-7,17H,8-11H2,1-2H3;3-4H2,1-2H3;1,3H;1H2/b15-12+;;;. The van der Waals surface area contributed by atoms with E-state index in [9.17, 15) is 0 Å². The van der Waals surface area contributed by atoms with Crippen LogP contribution in [0.3, 0.4) is 0 Å². The van der Waals surface area contributed by atoms with E-state index in [1.165, 1.54) is 24.5 Å². The van der Waals surface area contributed by atoms with E-state index in [1.54, 1.807) is 0 Å². The zero-order valence-electron chi connectivity index (χ0n) is 16.6. The minimum absolute atomic E-state index is 0.0808. The summed E-state index contributed by atoms with van der Waals surface area (Å²) in [5.41, 5.74) is 2.02. The van der Waals surface area contributed by atoms with Crippen molar-refractivity contribution in [1.29, 1.82) is 0 Å². The number of hydrogen-bond acceptors (Lipinski definition) is 5. The molecule has 0 spiro atoms. The summed E-state index contributed by atoms with van der Waals surface area (Å²) in [7, 11) is 2.14. The van der Waals surface area contributed by atoms with Gasteiger partial charge in [-0.05, 0) is 45.5 Å². The minimum Gasteiger partial charge on any atom is -0.462 e. The third kappa shape index (κ3) is 8.68. The van der Waals surface area contributed by atoms with Crippen molar-refractivity contribution in [3.8, 4) is 12.5 Å². The molecule has 0 radical (unpaired) electrons. The van der Waals surface area contributed by atoms with Gasteiger partial charge in [-0.2, -0.15) is 0 Å². The number of oxime groups is 1. The van der Waals surface area contributed by atoms with E-state index in [0.717, 1.165) is 31.6 Å². The van der Waals surface area contributed by atoms with Gasteiger partial charge in [-0.3, -0.25) is 0 Å². The number of carbonyl (C=O) groups excluding carboxylic acids is 1. The first kappa shape index (κ1) is 25.9.